The van der Waals surface area contributed by atoms with Crippen molar-refractivity contribution in [3.8, 4) is 0 Å². The van der Waals surface area contributed by atoms with Crippen LogP contribution in [0.15, 0.2) is 0 Å². The molecular formula is C14H33NO2Si. The van der Waals surface area contributed by atoms with Crippen molar-refractivity contribution < 1.29 is 8.85 Å². The van der Waals surface area contributed by atoms with Gasteiger partial charge in [0.1, 0.15) is 0 Å². The molecule has 0 heterocycles. The van der Waals surface area contributed by atoms with Crippen LogP contribution in [-0.4, -0.2) is 45.9 Å². The summed E-state index contributed by atoms with van der Waals surface area (Å²) in [6.45, 7) is 14.7. The summed E-state index contributed by atoms with van der Waals surface area (Å²) >= 11 is 0. The summed E-state index contributed by atoms with van der Waals surface area (Å²) < 4.78 is 11.9. The van der Waals surface area contributed by atoms with Crippen LogP contribution in [0.4, 0.5) is 0 Å². The predicted molar refractivity (Wildman–Crippen MR) is 81.1 cm³/mol. The number of unbranched alkanes of at least 4 members (excludes halogenated alkanes) is 2. The van der Waals surface area contributed by atoms with Crippen LogP contribution in [0, 0.1) is 0 Å². The van der Waals surface area contributed by atoms with E-state index in [1.807, 2.05) is 0 Å². The van der Waals surface area contributed by atoms with Gasteiger partial charge in [0.2, 0.25) is 0 Å². The Morgan fingerprint density at radius 1 is 0.833 bits per heavy atom. The van der Waals surface area contributed by atoms with Crippen molar-refractivity contribution in [3.63, 3.8) is 0 Å². The molecule has 0 rings (SSSR count). The Morgan fingerprint density at radius 3 is 1.61 bits per heavy atom. The first-order valence-corrected chi connectivity index (χ1v) is 10.1. The van der Waals surface area contributed by atoms with Crippen LogP contribution in [0.1, 0.15) is 53.4 Å². The molecule has 110 valence electrons. The standard InChI is InChI=1S/C14H33NO2Si/c1-6-10-12-15(13-11-7-2)14-18(5,16-8-3)17-9-4/h6-14H2,1-5H3. The van der Waals surface area contributed by atoms with Gasteiger partial charge in [0.15, 0.2) is 0 Å². The maximum atomic E-state index is 5.94. The average molecular weight is 276 g/mol. The third-order valence-corrected chi connectivity index (χ3v) is 5.89. The van der Waals surface area contributed by atoms with Gasteiger partial charge in [-0.1, -0.05) is 26.7 Å². The van der Waals surface area contributed by atoms with E-state index < -0.39 is 8.56 Å². The van der Waals surface area contributed by atoms with E-state index in [0.29, 0.717) is 0 Å². The second-order valence-corrected chi connectivity index (χ2v) is 8.14. The Hall–Kier alpha value is 0.0969. The molecule has 0 atom stereocenters. The van der Waals surface area contributed by atoms with E-state index in [1.165, 1.54) is 38.8 Å². The van der Waals surface area contributed by atoms with Crippen LogP contribution < -0.4 is 0 Å². The van der Waals surface area contributed by atoms with Crippen LogP contribution in [-0.2, 0) is 8.85 Å². The van der Waals surface area contributed by atoms with Crippen LogP contribution in [0.25, 0.3) is 0 Å². The molecule has 4 heteroatoms. The molecule has 0 unspecified atom stereocenters. The van der Waals surface area contributed by atoms with Crippen molar-refractivity contribution in [2.75, 3.05) is 32.5 Å². The van der Waals surface area contributed by atoms with Gasteiger partial charge in [-0.2, -0.15) is 0 Å². The van der Waals surface area contributed by atoms with Gasteiger partial charge in [0, 0.05) is 19.4 Å². The number of nitrogens with zero attached hydrogens (tertiary/aromatic N) is 1. The highest BCUT2D eigenvalue weighted by Gasteiger charge is 2.33. The minimum Gasteiger partial charge on any atom is -0.394 e. The highest BCUT2D eigenvalue weighted by Crippen LogP contribution is 2.11. The van der Waals surface area contributed by atoms with E-state index >= 15 is 0 Å². The molecule has 0 amide bonds. The largest absolute Gasteiger partial charge is 0.394 e. The fourth-order valence-electron chi connectivity index (χ4n) is 2.18. The Balaban J connectivity index is 4.36. The van der Waals surface area contributed by atoms with Gasteiger partial charge >= 0.3 is 8.56 Å². The summed E-state index contributed by atoms with van der Waals surface area (Å²) in [7, 11) is -1.99. The Bertz CT molecular complexity index is 177. The summed E-state index contributed by atoms with van der Waals surface area (Å²) in [5, 5.41) is 0. The summed E-state index contributed by atoms with van der Waals surface area (Å²) in [4.78, 5) is 2.55. The number of hydrogen-bond donors (Lipinski definition) is 0. The van der Waals surface area contributed by atoms with Gasteiger partial charge in [-0.05, 0) is 46.3 Å². The van der Waals surface area contributed by atoms with Crippen molar-refractivity contribution in [1.29, 1.82) is 0 Å². The van der Waals surface area contributed by atoms with Crippen LogP contribution in [0.3, 0.4) is 0 Å². The molecule has 0 aliphatic carbocycles. The lowest BCUT2D eigenvalue weighted by Gasteiger charge is -2.32. The van der Waals surface area contributed by atoms with E-state index in [-0.39, 0.29) is 0 Å². The maximum absolute atomic E-state index is 5.94. The molecule has 0 aliphatic heterocycles. The van der Waals surface area contributed by atoms with Crippen LogP contribution in [0.2, 0.25) is 6.55 Å². The molecule has 18 heavy (non-hydrogen) atoms. The lowest BCUT2D eigenvalue weighted by atomic mass is 10.3. The molecule has 0 aliphatic rings. The van der Waals surface area contributed by atoms with Crippen LogP contribution in [0.5, 0.6) is 0 Å². The fourth-order valence-corrected chi connectivity index (χ4v) is 4.80. The summed E-state index contributed by atoms with van der Waals surface area (Å²) in [6, 6.07) is 0. The second kappa shape index (κ2) is 11.0. The van der Waals surface area contributed by atoms with E-state index in [9.17, 15) is 0 Å². The zero-order chi connectivity index (χ0) is 13.9. The molecule has 0 bridgehead atoms. The molecule has 0 saturated heterocycles. The zero-order valence-corrected chi connectivity index (χ0v) is 14.1. The average Bonchev–Trinajstić information content (AvgIpc) is 2.33. The van der Waals surface area contributed by atoms with Crippen molar-refractivity contribution in [3.05, 3.63) is 0 Å². The normalized spacial score (nSPS) is 12.3. The van der Waals surface area contributed by atoms with Gasteiger partial charge in [-0.15, -0.1) is 0 Å². The van der Waals surface area contributed by atoms with Crippen molar-refractivity contribution in [1.82, 2.24) is 4.90 Å². The Morgan fingerprint density at radius 2 is 1.28 bits per heavy atom. The zero-order valence-electron chi connectivity index (χ0n) is 13.1. The third kappa shape index (κ3) is 8.24. The molecule has 0 spiro atoms. The molecule has 0 saturated carbocycles. The van der Waals surface area contributed by atoms with Crippen molar-refractivity contribution in [2.24, 2.45) is 0 Å². The van der Waals surface area contributed by atoms with Gasteiger partial charge in [0.25, 0.3) is 0 Å². The highest BCUT2D eigenvalue weighted by molar-refractivity contribution is 6.66. The molecule has 0 aromatic carbocycles. The number of rotatable bonds is 12. The lowest BCUT2D eigenvalue weighted by Crippen LogP contribution is -2.50. The predicted octanol–water partition coefficient (Wildman–Crippen LogP) is 3.57. The molecule has 0 aromatic heterocycles. The molecule has 3 nitrogen and oxygen atoms in total. The molecule has 0 N–H and O–H groups in total. The smallest absolute Gasteiger partial charge is 0.349 e. The topological polar surface area (TPSA) is 21.7 Å². The maximum Gasteiger partial charge on any atom is 0.349 e. The van der Waals surface area contributed by atoms with Gasteiger partial charge < -0.3 is 13.8 Å². The van der Waals surface area contributed by atoms with Gasteiger partial charge in [0.05, 0.1) is 0 Å². The first-order valence-electron chi connectivity index (χ1n) is 7.62. The highest BCUT2D eigenvalue weighted by atomic mass is 28.4. The van der Waals surface area contributed by atoms with Gasteiger partial charge in [-0.25, -0.2) is 0 Å². The van der Waals surface area contributed by atoms with Crippen molar-refractivity contribution in [2.45, 2.75) is 59.9 Å². The minimum absolute atomic E-state index is 0.762. The third-order valence-electron chi connectivity index (χ3n) is 3.07. The minimum atomic E-state index is -1.99. The molecule has 0 radical (unpaired) electrons. The Kier molecular flexibility index (Phi) is 11.0. The second-order valence-electron chi connectivity index (χ2n) is 4.98. The first kappa shape index (κ1) is 18.1. The Labute approximate surface area is 115 Å². The summed E-state index contributed by atoms with van der Waals surface area (Å²) in [5.41, 5.74) is 0. The van der Waals surface area contributed by atoms with E-state index in [0.717, 1.165) is 19.4 Å². The van der Waals surface area contributed by atoms with E-state index in [1.54, 1.807) is 0 Å². The summed E-state index contributed by atoms with van der Waals surface area (Å²) in [5.74, 6) is 0. The summed E-state index contributed by atoms with van der Waals surface area (Å²) in [6.07, 6.45) is 6.06. The molecule has 0 fully saturated rings. The fraction of sp³-hybridized carbons (Fsp3) is 1.00. The quantitative estimate of drug-likeness (QED) is 0.508. The lowest BCUT2D eigenvalue weighted by molar-refractivity contribution is 0.163. The SMILES string of the molecule is CCCCN(CCCC)C[Si](C)(OCC)OCC. The molecule has 0 aromatic rings. The van der Waals surface area contributed by atoms with Crippen molar-refractivity contribution >= 4 is 8.56 Å². The van der Waals surface area contributed by atoms with Crippen LogP contribution >= 0.6 is 0 Å². The van der Waals surface area contributed by atoms with Gasteiger partial charge in [-0.3, -0.25) is 0 Å². The number of hydrogen-bond acceptors (Lipinski definition) is 3. The molecular weight excluding hydrogens is 242 g/mol. The van der Waals surface area contributed by atoms with E-state index in [4.69, 9.17) is 8.85 Å². The first-order chi connectivity index (χ1) is 8.61. The van der Waals surface area contributed by atoms with E-state index in [2.05, 4.69) is 39.1 Å². The monoisotopic (exact) mass is 275 g/mol.